The van der Waals surface area contributed by atoms with Crippen molar-refractivity contribution in [3.8, 4) is 0 Å². The summed E-state index contributed by atoms with van der Waals surface area (Å²) < 4.78 is 13.3. The Labute approximate surface area is 74.4 Å². The lowest BCUT2D eigenvalue weighted by Gasteiger charge is -1.87. The molecular weight excluding hydrogens is 180 g/mol. The molecule has 0 aromatic rings. The Bertz CT molecular complexity index is 205. The first-order valence-electron chi connectivity index (χ1n) is 3.69. The molecule has 0 spiro atoms. The number of carboxylic acid groups (broad SMARTS) is 1. The molecule has 1 N–H and O–H groups in total. The molecule has 0 saturated carbocycles. The number of esters is 1. The summed E-state index contributed by atoms with van der Waals surface area (Å²) in [4.78, 5) is 19.9. The number of rotatable bonds is 2. The van der Waals surface area contributed by atoms with E-state index in [4.69, 9.17) is 5.11 Å². The first kappa shape index (κ1) is 9.94. The molecule has 74 valence electrons. The van der Waals surface area contributed by atoms with Crippen molar-refractivity contribution in [1.82, 2.24) is 0 Å². The standard InChI is InChI=1S/C4H6O3.C3H4O3/c1-6-4(5)3-2-7-3;4-3(5)2-1-6-2/h3H,2H2,1H3;2H,1H2,(H,4,5). The molecule has 2 fully saturated rings. The van der Waals surface area contributed by atoms with E-state index in [0.29, 0.717) is 13.2 Å². The van der Waals surface area contributed by atoms with Crippen LogP contribution < -0.4 is 0 Å². The predicted molar refractivity (Wildman–Crippen MR) is 39.1 cm³/mol. The molecule has 13 heavy (non-hydrogen) atoms. The minimum absolute atomic E-state index is 0.245. The van der Waals surface area contributed by atoms with Crippen molar-refractivity contribution in [2.24, 2.45) is 0 Å². The van der Waals surface area contributed by atoms with Gasteiger partial charge in [0, 0.05) is 0 Å². The summed E-state index contributed by atoms with van der Waals surface area (Å²) in [7, 11) is 1.35. The molecule has 2 unspecified atom stereocenters. The molecule has 0 aromatic heterocycles. The van der Waals surface area contributed by atoms with E-state index < -0.39 is 12.1 Å². The summed E-state index contributed by atoms with van der Waals surface area (Å²) in [6.07, 6.45) is -0.727. The lowest BCUT2D eigenvalue weighted by atomic mass is 10.5. The first-order chi connectivity index (χ1) is 6.15. The van der Waals surface area contributed by atoms with E-state index in [-0.39, 0.29) is 12.1 Å². The molecule has 6 nitrogen and oxygen atoms in total. The van der Waals surface area contributed by atoms with Gasteiger partial charge in [-0.25, -0.2) is 9.59 Å². The third-order valence-corrected chi connectivity index (χ3v) is 1.41. The van der Waals surface area contributed by atoms with Crippen LogP contribution in [-0.4, -0.2) is 49.6 Å². The van der Waals surface area contributed by atoms with Crippen molar-refractivity contribution in [2.75, 3.05) is 20.3 Å². The third-order valence-electron chi connectivity index (χ3n) is 1.41. The topological polar surface area (TPSA) is 88.7 Å². The second kappa shape index (κ2) is 4.20. The molecular formula is C7H10O6. The number of hydrogen-bond donors (Lipinski definition) is 1. The Morgan fingerprint density at radius 2 is 1.77 bits per heavy atom. The lowest BCUT2D eigenvalue weighted by Crippen LogP contribution is -2.07. The lowest BCUT2D eigenvalue weighted by molar-refractivity contribution is -0.142. The molecule has 2 rings (SSSR count). The minimum atomic E-state index is -0.852. The van der Waals surface area contributed by atoms with Gasteiger partial charge in [0.15, 0.2) is 12.2 Å². The van der Waals surface area contributed by atoms with Gasteiger partial charge < -0.3 is 19.3 Å². The molecule has 2 atom stereocenters. The molecule has 2 aliphatic rings. The quantitative estimate of drug-likeness (QED) is 0.445. The average Bonchev–Trinajstić information content (AvgIpc) is 2.88. The largest absolute Gasteiger partial charge is 0.479 e. The van der Waals surface area contributed by atoms with E-state index in [1.807, 2.05) is 0 Å². The van der Waals surface area contributed by atoms with E-state index in [2.05, 4.69) is 14.2 Å². The Balaban J connectivity index is 0.000000132. The van der Waals surface area contributed by atoms with Gasteiger partial charge in [0.05, 0.1) is 20.3 Å². The van der Waals surface area contributed by atoms with Crippen LogP contribution in [0.1, 0.15) is 0 Å². The van der Waals surface area contributed by atoms with Gasteiger partial charge >= 0.3 is 11.9 Å². The van der Waals surface area contributed by atoms with Crippen LogP contribution in [0.2, 0.25) is 0 Å². The Morgan fingerprint density at radius 1 is 1.31 bits per heavy atom. The van der Waals surface area contributed by atoms with E-state index in [1.165, 1.54) is 7.11 Å². The van der Waals surface area contributed by atoms with Gasteiger partial charge in [-0.05, 0) is 0 Å². The number of epoxide rings is 2. The van der Waals surface area contributed by atoms with Gasteiger partial charge in [-0.1, -0.05) is 0 Å². The van der Waals surface area contributed by atoms with Crippen molar-refractivity contribution >= 4 is 11.9 Å². The predicted octanol–water partition coefficient (Wildman–Crippen LogP) is -0.972. The van der Waals surface area contributed by atoms with Gasteiger partial charge in [0.2, 0.25) is 0 Å². The van der Waals surface area contributed by atoms with E-state index >= 15 is 0 Å². The van der Waals surface area contributed by atoms with Gasteiger partial charge in [-0.2, -0.15) is 0 Å². The first-order valence-corrected chi connectivity index (χ1v) is 3.69. The van der Waals surface area contributed by atoms with Crippen molar-refractivity contribution < 1.29 is 28.9 Å². The highest BCUT2D eigenvalue weighted by Gasteiger charge is 2.32. The van der Waals surface area contributed by atoms with Crippen molar-refractivity contribution in [2.45, 2.75) is 12.2 Å². The normalized spacial score (nSPS) is 28.1. The molecule has 2 saturated heterocycles. The molecule has 2 aliphatic heterocycles. The summed E-state index contributed by atoms with van der Waals surface area (Å²) in [6, 6.07) is 0. The molecule has 0 aromatic carbocycles. The summed E-state index contributed by atoms with van der Waals surface area (Å²) >= 11 is 0. The average molecular weight is 190 g/mol. The molecule has 0 radical (unpaired) electrons. The highest BCUT2D eigenvalue weighted by Crippen LogP contribution is 2.09. The van der Waals surface area contributed by atoms with Crippen LogP contribution in [0.25, 0.3) is 0 Å². The number of ether oxygens (including phenoxy) is 3. The van der Waals surface area contributed by atoms with Crippen LogP contribution in [0.5, 0.6) is 0 Å². The van der Waals surface area contributed by atoms with Crippen LogP contribution in [0.4, 0.5) is 0 Å². The minimum Gasteiger partial charge on any atom is -0.479 e. The number of methoxy groups -OCH3 is 1. The molecule has 0 bridgehead atoms. The molecule has 0 amide bonds. The molecule has 6 heteroatoms. The zero-order chi connectivity index (χ0) is 9.84. The smallest absolute Gasteiger partial charge is 0.337 e. The summed E-state index contributed by atoms with van der Waals surface area (Å²) in [5.41, 5.74) is 0. The van der Waals surface area contributed by atoms with Crippen LogP contribution in [0.3, 0.4) is 0 Å². The highest BCUT2D eigenvalue weighted by atomic mass is 16.6. The second-order valence-electron chi connectivity index (χ2n) is 2.51. The monoisotopic (exact) mass is 190 g/mol. The summed E-state index contributed by atoms with van der Waals surface area (Å²) in [5.74, 6) is -1.12. The number of carboxylic acids is 1. The van der Waals surface area contributed by atoms with Crippen molar-refractivity contribution in [1.29, 1.82) is 0 Å². The number of carbonyl (C=O) groups is 2. The van der Waals surface area contributed by atoms with Crippen LogP contribution in [0.15, 0.2) is 0 Å². The van der Waals surface area contributed by atoms with Crippen LogP contribution in [-0.2, 0) is 23.8 Å². The van der Waals surface area contributed by atoms with E-state index in [9.17, 15) is 9.59 Å². The summed E-state index contributed by atoms with van der Waals surface area (Å²) in [6.45, 7) is 0.933. The van der Waals surface area contributed by atoms with Gasteiger partial charge in [0.25, 0.3) is 0 Å². The zero-order valence-electron chi connectivity index (χ0n) is 7.06. The zero-order valence-corrected chi connectivity index (χ0v) is 7.06. The maximum Gasteiger partial charge on any atom is 0.337 e. The number of hydrogen-bond acceptors (Lipinski definition) is 5. The Kier molecular flexibility index (Phi) is 3.21. The van der Waals surface area contributed by atoms with Gasteiger partial charge in [-0.15, -0.1) is 0 Å². The Morgan fingerprint density at radius 3 is 1.85 bits per heavy atom. The van der Waals surface area contributed by atoms with Crippen molar-refractivity contribution in [3.05, 3.63) is 0 Å². The fourth-order valence-electron chi connectivity index (χ4n) is 0.506. The maximum absolute atomic E-state index is 10.2. The fourth-order valence-corrected chi connectivity index (χ4v) is 0.506. The number of carbonyl (C=O) groups excluding carboxylic acids is 1. The van der Waals surface area contributed by atoms with Crippen LogP contribution >= 0.6 is 0 Å². The number of aliphatic carboxylic acids is 1. The third kappa shape index (κ3) is 3.86. The van der Waals surface area contributed by atoms with Crippen molar-refractivity contribution in [3.63, 3.8) is 0 Å². The maximum atomic E-state index is 10.2. The second-order valence-corrected chi connectivity index (χ2v) is 2.51. The van der Waals surface area contributed by atoms with Gasteiger partial charge in [0.1, 0.15) is 0 Å². The fraction of sp³-hybridized carbons (Fsp3) is 0.714. The van der Waals surface area contributed by atoms with E-state index in [1.54, 1.807) is 0 Å². The van der Waals surface area contributed by atoms with E-state index in [0.717, 1.165) is 0 Å². The highest BCUT2D eigenvalue weighted by molar-refractivity contribution is 5.76. The molecule has 0 aliphatic carbocycles. The Hall–Kier alpha value is -1.14. The van der Waals surface area contributed by atoms with Gasteiger partial charge in [-0.3, -0.25) is 0 Å². The summed E-state index contributed by atoms with van der Waals surface area (Å²) in [5, 5.41) is 7.93. The SMILES string of the molecule is COC(=O)C1CO1.O=C(O)C1CO1. The molecule has 2 heterocycles. The van der Waals surface area contributed by atoms with Crippen LogP contribution in [0, 0.1) is 0 Å².